The largest absolute Gasteiger partial charge is 0.493 e. The van der Waals surface area contributed by atoms with Crippen molar-refractivity contribution in [3.05, 3.63) is 45.6 Å². The van der Waals surface area contributed by atoms with Gasteiger partial charge in [-0.25, -0.2) is 4.79 Å². The molecule has 3 rings (SSSR count). The zero-order chi connectivity index (χ0) is 30.4. The van der Waals surface area contributed by atoms with Gasteiger partial charge in [-0.2, -0.15) is 0 Å². The first-order valence-electron chi connectivity index (χ1n) is 13.4. The van der Waals surface area contributed by atoms with Crippen LogP contribution >= 0.6 is 0 Å². The van der Waals surface area contributed by atoms with E-state index >= 15 is 0 Å². The Bertz CT molecular complexity index is 1370. The van der Waals surface area contributed by atoms with Gasteiger partial charge < -0.3 is 34.9 Å². The van der Waals surface area contributed by atoms with Crippen LogP contribution in [-0.2, 0) is 25.5 Å². The summed E-state index contributed by atoms with van der Waals surface area (Å²) >= 11 is 0. The number of fused-ring (bicyclic) bond motifs is 3. The number of nitrogens with one attached hydrogen (secondary N) is 3. The Hall–Kier alpha value is -4.28. The average molecular weight is 570 g/mol. The Morgan fingerprint density at radius 2 is 1.63 bits per heavy atom. The van der Waals surface area contributed by atoms with Gasteiger partial charge in [-0.15, -0.1) is 0 Å². The van der Waals surface area contributed by atoms with Gasteiger partial charge in [0.25, 0.3) is 0 Å². The molecule has 222 valence electrons. The van der Waals surface area contributed by atoms with Crippen LogP contribution in [0.15, 0.2) is 29.1 Å². The minimum Gasteiger partial charge on any atom is -0.493 e. The van der Waals surface area contributed by atoms with Gasteiger partial charge in [0, 0.05) is 12.5 Å². The SMILES string of the molecule is COC(=O)C(C)NC(=O)C(Nc1ccc2c(cc1=O)C(NC(C)=O)CCc1cc(OC)c(OC)c(OC)c1-2)C(C)C. The molecule has 0 spiro atoms. The highest BCUT2D eigenvalue weighted by Crippen LogP contribution is 2.50. The molecule has 3 unspecified atom stereocenters. The van der Waals surface area contributed by atoms with E-state index in [2.05, 4.69) is 16.0 Å². The molecule has 2 amide bonds. The minimum atomic E-state index is -0.862. The first-order chi connectivity index (χ1) is 19.5. The molecule has 0 aromatic heterocycles. The zero-order valence-electron chi connectivity index (χ0n) is 24.8. The monoisotopic (exact) mass is 569 g/mol. The molecule has 1 aliphatic carbocycles. The Morgan fingerprint density at radius 3 is 2.20 bits per heavy atom. The molecule has 1 aliphatic rings. The summed E-state index contributed by atoms with van der Waals surface area (Å²) in [7, 11) is 5.84. The minimum absolute atomic E-state index is 0.181. The third-order valence-corrected chi connectivity index (χ3v) is 7.09. The highest BCUT2D eigenvalue weighted by Gasteiger charge is 2.30. The number of aryl methyl sites for hydroxylation is 1. The second kappa shape index (κ2) is 13.4. The van der Waals surface area contributed by atoms with E-state index in [4.69, 9.17) is 18.9 Å². The van der Waals surface area contributed by atoms with Crippen molar-refractivity contribution in [2.75, 3.05) is 33.8 Å². The van der Waals surface area contributed by atoms with Crippen LogP contribution in [0, 0.1) is 5.92 Å². The van der Waals surface area contributed by atoms with Crippen molar-refractivity contribution in [2.45, 2.75) is 58.7 Å². The van der Waals surface area contributed by atoms with Crippen LogP contribution < -0.4 is 35.6 Å². The predicted octanol–water partition coefficient (Wildman–Crippen LogP) is 2.98. The third-order valence-electron chi connectivity index (χ3n) is 7.09. The molecule has 0 radical (unpaired) electrons. The summed E-state index contributed by atoms with van der Waals surface area (Å²) in [5.41, 5.74) is 2.71. The molecule has 2 aromatic rings. The van der Waals surface area contributed by atoms with Crippen molar-refractivity contribution in [1.82, 2.24) is 10.6 Å². The average Bonchev–Trinajstić information content (AvgIpc) is 3.17. The molecule has 11 nitrogen and oxygen atoms in total. The van der Waals surface area contributed by atoms with Crippen molar-refractivity contribution in [2.24, 2.45) is 5.92 Å². The fraction of sp³-hybridized carbons (Fsp3) is 0.467. The first kappa shape index (κ1) is 31.3. The van der Waals surface area contributed by atoms with Gasteiger partial charge in [-0.3, -0.25) is 14.4 Å². The quantitative estimate of drug-likeness (QED) is 0.368. The topological polar surface area (TPSA) is 141 Å². The van der Waals surface area contributed by atoms with Crippen molar-refractivity contribution in [1.29, 1.82) is 0 Å². The number of rotatable bonds is 10. The molecule has 41 heavy (non-hydrogen) atoms. The van der Waals surface area contributed by atoms with Crippen LogP contribution in [0.3, 0.4) is 0 Å². The first-order valence-corrected chi connectivity index (χ1v) is 13.4. The van der Waals surface area contributed by atoms with Crippen LogP contribution in [-0.4, -0.2) is 58.3 Å². The van der Waals surface area contributed by atoms with Gasteiger partial charge in [0.15, 0.2) is 11.5 Å². The van der Waals surface area contributed by atoms with E-state index in [9.17, 15) is 19.2 Å². The van der Waals surface area contributed by atoms with Crippen LogP contribution in [0.2, 0.25) is 0 Å². The predicted molar refractivity (Wildman–Crippen MR) is 155 cm³/mol. The number of hydrogen-bond acceptors (Lipinski definition) is 9. The van der Waals surface area contributed by atoms with Crippen molar-refractivity contribution >= 4 is 23.5 Å². The van der Waals surface area contributed by atoms with E-state index in [1.807, 2.05) is 19.9 Å². The number of amides is 2. The molecule has 0 fully saturated rings. The molecule has 11 heteroatoms. The zero-order valence-corrected chi connectivity index (χ0v) is 24.8. The van der Waals surface area contributed by atoms with Crippen molar-refractivity contribution < 1.29 is 33.3 Å². The molecule has 0 aliphatic heterocycles. The van der Waals surface area contributed by atoms with Gasteiger partial charge in [0.1, 0.15) is 12.1 Å². The summed E-state index contributed by atoms with van der Waals surface area (Å²) < 4.78 is 21.7. The van der Waals surface area contributed by atoms with Gasteiger partial charge >= 0.3 is 5.97 Å². The lowest BCUT2D eigenvalue weighted by atomic mass is 9.95. The number of ether oxygens (including phenoxy) is 4. The van der Waals surface area contributed by atoms with E-state index in [1.165, 1.54) is 41.2 Å². The fourth-order valence-electron chi connectivity index (χ4n) is 5.07. The van der Waals surface area contributed by atoms with Crippen LogP contribution in [0.4, 0.5) is 5.69 Å². The summed E-state index contributed by atoms with van der Waals surface area (Å²) in [6.07, 6.45) is 1.09. The molecular formula is C30H39N3O8. The Labute approximate surface area is 239 Å². The van der Waals surface area contributed by atoms with Gasteiger partial charge in [-0.1, -0.05) is 19.9 Å². The van der Waals surface area contributed by atoms with Crippen LogP contribution in [0.1, 0.15) is 51.3 Å². The molecule has 0 bridgehead atoms. The Kier molecular flexibility index (Phi) is 10.2. The normalized spacial score (nSPS) is 15.3. The van der Waals surface area contributed by atoms with Gasteiger partial charge in [-0.05, 0) is 60.6 Å². The third kappa shape index (κ3) is 6.72. The Morgan fingerprint density at radius 1 is 0.951 bits per heavy atom. The van der Waals surface area contributed by atoms with E-state index in [1.54, 1.807) is 19.2 Å². The summed E-state index contributed by atoms with van der Waals surface area (Å²) in [6.45, 7) is 6.61. The van der Waals surface area contributed by atoms with Crippen molar-refractivity contribution in [3.63, 3.8) is 0 Å². The summed E-state index contributed by atoms with van der Waals surface area (Å²) in [6, 6.07) is 4.60. The summed E-state index contributed by atoms with van der Waals surface area (Å²) in [5.74, 6) is -0.150. The number of anilines is 1. The van der Waals surface area contributed by atoms with E-state index in [0.29, 0.717) is 41.2 Å². The molecule has 3 atom stereocenters. The molecule has 0 saturated carbocycles. The Balaban J connectivity index is 2.21. The van der Waals surface area contributed by atoms with Gasteiger partial charge in [0.2, 0.25) is 23.0 Å². The van der Waals surface area contributed by atoms with Crippen molar-refractivity contribution in [3.8, 4) is 28.4 Å². The smallest absolute Gasteiger partial charge is 0.328 e. The maximum atomic E-state index is 13.6. The lowest BCUT2D eigenvalue weighted by Gasteiger charge is -2.23. The standard InChI is InChI=1S/C30H39N3O8/c1-15(2)26(29(36)31-16(3)30(37)41-8)33-22-12-10-19-20(14-23(22)35)21(32-17(4)34)11-9-18-13-24(38-5)27(39-6)28(40-7)25(18)19/h10,12-16,21,26H,9,11H2,1-8H3,(H,31,36)(H,32,34)(H,33,35). The van der Waals surface area contributed by atoms with E-state index in [0.717, 1.165) is 11.1 Å². The van der Waals surface area contributed by atoms with Gasteiger partial charge in [0.05, 0.1) is 40.2 Å². The second-order valence-corrected chi connectivity index (χ2v) is 10.2. The number of methoxy groups -OCH3 is 4. The molecule has 2 aromatic carbocycles. The summed E-state index contributed by atoms with van der Waals surface area (Å²) in [5, 5.41) is 8.69. The van der Waals surface area contributed by atoms with E-state index < -0.39 is 30.0 Å². The molecule has 3 N–H and O–H groups in total. The fourth-order valence-corrected chi connectivity index (χ4v) is 5.07. The van der Waals surface area contributed by atoms with E-state index in [-0.39, 0.29) is 22.9 Å². The molecule has 0 heterocycles. The maximum absolute atomic E-state index is 13.6. The number of hydrogen-bond donors (Lipinski definition) is 3. The van der Waals surface area contributed by atoms with Crippen LogP contribution in [0.25, 0.3) is 11.1 Å². The van der Waals surface area contributed by atoms with Crippen LogP contribution in [0.5, 0.6) is 17.2 Å². The number of esters is 1. The molecule has 0 saturated heterocycles. The maximum Gasteiger partial charge on any atom is 0.328 e. The summed E-state index contributed by atoms with van der Waals surface area (Å²) in [4.78, 5) is 50.7. The highest BCUT2D eigenvalue weighted by molar-refractivity contribution is 5.89. The molecular weight excluding hydrogens is 530 g/mol. The highest BCUT2D eigenvalue weighted by atomic mass is 16.5. The number of benzene rings is 1. The number of carbonyl (C=O) groups excluding carboxylic acids is 3. The lowest BCUT2D eigenvalue weighted by molar-refractivity contribution is -0.144. The second-order valence-electron chi connectivity index (χ2n) is 10.2. The number of carbonyl (C=O) groups is 3. The lowest BCUT2D eigenvalue weighted by Crippen LogP contribution is -2.49.